The molecule has 0 saturated carbocycles. The molecule has 1 aliphatic heterocycles. The number of nitrogens with two attached hydrogens (primary N) is 1. The van der Waals surface area contributed by atoms with Crippen molar-refractivity contribution in [1.82, 2.24) is 14.7 Å². The van der Waals surface area contributed by atoms with Crippen LogP contribution in [0, 0.1) is 5.92 Å². The van der Waals surface area contributed by atoms with Gasteiger partial charge >= 0.3 is 5.97 Å². The number of nitrogens with zero attached hydrogens (tertiary/aromatic N) is 3. The Kier molecular flexibility index (Phi) is 9.00. The van der Waals surface area contributed by atoms with Crippen LogP contribution < -0.4 is 24.2 Å². The molecule has 2 aromatic carbocycles. The molecule has 0 spiro atoms. The summed E-state index contributed by atoms with van der Waals surface area (Å²) in [5.41, 5.74) is 1.98. The minimum absolute atomic E-state index is 0.322. The molecule has 0 unspecified atom stereocenters. The maximum atomic E-state index is 11.9. The van der Waals surface area contributed by atoms with Gasteiger partial charge < -0.3 is 19.1 Å². The van der Waals surface area contributed by atoms with Gasteiger partial charge in [0.1, 0.15) is 5.82 Å². The summed E-state index contributed by atoms with van der Waals surface area (Å²) in [6.07, 6.45) is 6.15. The van der Waals surface area contributed by atoms with Crippen LogP contribution in [0.1, 0.15) is 41.0 Å². The van der Waals surface area contributed by atoms with Crippen LogP contribution in [-0.4, -0.2) is 65.3 Å². The van der Waals surface area contributed by atoms with E-state index in [1.54, 1.807) is 32.4 Å². The van der Waals surface area contributed by atoms with Crippen molar-refractivity contribution < 1.29 is 27.4 Å². The number of carbonyl (C=O) groups is 1. The first kappa shape index (κ1) is 28.3. The lowest BCUT2D eigenvalue weighted by Crippen LogP contribution is -2.37. The second kappa shape index (κ2) is 12.4. The van der Waals surface area contributed by atoms with Gasteiger partial charge in [-0.25, -0.2) is 24.6 Å². The Bertz CT molecular complexity index is 1470. The predicted octanol–water partition coefficient (Wildman–Crippen LogP) is 3.00. The average molecular weight is 556 g/mol. The molecule has 1 saturated heterocycles. The number of methoxy groups -OCH3 is 3. The number of benzene rings is 2. The number of esters is 1. The number of aromatic nitrogens is 2. The van der Waals surface area contributed by atoms with E-state index in [4.69, 9.17) is 29.3 Å². The van der Waals surface area contributed by atoms with Gasteiger partial charge in [-0.1, -0.05) is 18.2 Å². The molecule has 1 fully saturated rings. The minimum Gasteiger partial charge on any atom is -0.493 e. The van der Waals surface area contributed by atoms with Crippen molar-refractivity contribution in [3.63, 3.8) is 0 Å². The van der Waals surface area contributed by atoms with Crippen LogP contribution in [-0.2, 0) is 14.9 Å². The Labute approximate surface area is 228 Å². The molecule has 11 nitrogen and oxygen atoms in total. The third-order valence-electron chi connectivity index (χ3n) is 6.70. The van der Waals surface area contributed by atoms with E-state index in [0.717, 1.165) is 49.1 Å². The summed E-state index contributed by atoms with van der Waals surface area (Å²) in [6, 6.07) is 10.8. The Morgan fingerprint density at radius 3 is 2.46 bits per heavy atom. The van der Waals surface area contributed by atoms with Crippen molar-refractivity contribution in [2.45, 2.75) is 19.3 Å². The van der Waals surface area contributed by atoms with Crippen LogP contribution in [0.3, 0.4) is 0 Å². The van der Waals surface area contributed by atoms with Gasteiger partial charge in [0.05, 0.1) is 32.4 Å². The average Bonchev–Trinajstić information content (AvgIpc) is 2.94. The quantitative estimate of drug-likeness (QED) is 0.361. The third-order valence-corrected chi connectivity index (χ3v) is 7.31. The molecule has 1 aromatic heterocycles. The molecule has 0 bridgehead atoms. The van der Waals surface area contributed by atoms with Gasteiger partial charge in [0.15, 0.2) is 17.3 Å². The van der Waals surface area contributed by atoms with Crippen molar-refractivity contribution in [3.8, 4) is 11.5 Å². The SMILES string of the molecule is COC(=O)c1cccc(/C=C/c2nc(N3CCC(CCNS(N)(=O)=O)CC3)c3cc(OC)c(OC)cc3n2)c1. The molecule has 0 atom stereocenters. The molecule has 0 amide bonds. The first-order valence-corrected chi connectivity index (χ1v) is 14.1. The molecule has 4 rings (SSSR count). The van der Waals surface area contributed by atoms with E-state index >= 15 is 0 Å². The summed E-state index contributed by atoms with van der Waals surface area (Å²) in [5.74, 6) is 2.41. The Morgan fingerprint density at radius 1 is 1.08 bits per heavy atom. The molecule has 208 valence electrons. The normalized spacial score (nSPS) is 14.6. The van der Waals surface area contributed by atoms with Crippen molar-refractivity contribution in [2.75, 3.05) is 45.9 Å². The monoisotopic (exact) mass is 555 g/mol. The van der Waals surface area contributed by atoms with E-state index in [1.165, 1.54) is 7.11 Å². The second-order valence-corrected chi connectivity index (χ2v) is 10.6. The van der Waals surface area contributed by atoms with Gasteiger partial charge in [0.25, 0.3) is 10.2 Å². The first-order valence-electron chi connectivity index (χ1n) is 12.5. The molecule has 12 heteroatoms. The lowest BCUT2D eigenvalue weighted by molar-refractivity contribution is 0.0600. The molecule has 3 N–H and O–H groups in total. The third kappa shape index (κ3) is 7.22. The van der Waals surface area contributed by atoms with Gasteiger partial charge in [-0.3, -0.25) is 0 Å². The molecule has 1 aliphatic rings. The fourth-order valence-electron chi connectivity index (χ4n) is 4.67. The summed E-state index contributed by atoms with van der Waals surface area (Å²) < 4.78 is 40.6. The number of ether oxygens (including phenoxy) is 3. The lowest BCUT2D eigenvalue weighted by atomic mass is 9.93. The van der Waals surface area contributed by atoms with Crippen molar-refractivity contribution in [1.29, 1.82) is 0 Å². The number of nitrogens with one attached hydrogen (secondary N) is 1. The molecule has 0 aliphatic carbocycles. The van der Waals surface area contributed by atoms with E-state index in [1.807, 2.05) is 30.4 Å². The van der Waals surface area contributed by atoms with Crippen molar-refractivity contribution >= 4 is 45.1 Å². The fraction of sp³-hybridized carbons (Fsp3) is 0.370. The number of hydrogen-bond acceptors (Lipinski definition) is 9. The van der Waals surface area contributed by atoms with Crippen LogP contribution >= 0.6 is 0 Å². The number of fused-ring (bicyclic) bond motifs is 1. The largest absolute Gasteiger partial charge is 0.493 e. The Hall–Kier alpha value is -3.74. The summed E-state index contributed by atoms with van der Waals surface area (Å²) in [7, 11) is 0.835. The summed E-state index contributed by atoms with van der Waals surface area (Å²) in [6.45, 7) is 1.83. The highest BCUT2D eigenvalue weighted by Crippen LogP contribution is 2.36. The first-order chi connectivity index (χ1) is 18.7. The van der Waals surface area contributed by atoms with E-state index < -0.39 is 16.2 Å². The molecule has 39 heavy (non-hydrogen) atoms. The molecule has 0 radical (unpaired) electrons. The highest BCUT2D eigenvalue weighted by atomic mass is 32.2. The highest BCUT2D eigenvalue weighted by molar-refractivity contribution is 7.87. The Morgan fingerprint density at radius 2 is 1.79 bits per heavy atom. The molecular formula is C27H33N5O6S. The van der Waals surface area contributed by atoms with Gasteiger partial charge in [-0.2, -0.15) is 8.42 Å². The number of piperidine rings is 1. The van der Waals surface area contributed by atoms with Crippen molar-refractivity contribution in [2.24, 2.45) is 11.1 Å². The van der Waals surface area contributed by atoms with E-state index in [0.29, 0.717) is 40.9 Å². The van der Waals surface area contributed by atoms with Gasteiger partial charge in [0, 0.05) is 31.1 Å². The summed E-state index contributed by atoms with van der Waals surface area (Å²) in [4.78, 5) is 23.8. The zero-order chi connectivity index (χ0) is 28.0. The molecule has 3 aromatic rings. The summed E-state index contributed by atoms with van der Waals surface area (Å²) >= 11 is 0. The standard InChI is InChI=1S/C27H33N5O6S/c1-36-23-16-21-22(17-24(23)37-2)30-25(8-7-19-5-4-6-20(15-19)27(33)38-3)31-26(21)32-13-10-18(11-14-32)9-12-29-39(28,34)35/h4-8,15-18,29H,9-14H2,1-3H3,(H2,28,34,35)/b8-7+. The number of hydrogen-bond donors (Lipinski definition) is 2. The Balaban J connectivity index is 1.63. The van der Waals surface area contributed by atoms with E-state index in [9.17, 15) is 13.2 Å². The maximum Gasteiger partial charge on any atom is 0.337 e. The molecule has 2 heterocycles. The lowest BCUT2D eigenvalue weighted by Gasteiger charge is -2.33. The highest BCUT2D eigenvalue weighted by Gasteiger charge is 2.23. The van der Waals surface area contributed by atoms with Gasteiger partial charge in [-0.15, -0.1) is 0 Å². The smallest absolute Gasteiger partial charge is 0.337 e. The number of rotatable bonds is 10. The molecular weight excluding hydrogens is 522 g/mol. The van der Waals surface area contributed by atoms with E-state index in [2.05, 4.69) is 9.62 Å². The van der Waals surface area contributed by atoms with Crippen LogP contribution in [0.2, 0.25) is 0 Å². The number of carbonyl (C=O) groups excluding carboxylic acids is 1. The van der Waals surface area contributed by atoms with Gasteiger partial charge in [0.2, 0.25) is 0 Å². The van der Waals surface area contributed by atoms with E-state index in [-0.39, 0.29) is 0 Å². The zero-order valence-electron chi connectivity index (χ0n) is 22.2. The second-order valence-electron chi connectivity index (χ2n) is 9.24. The fourth-order valence-corrected chi connectivity index (χ4v) is 5.07. The maximum absolute atomic E-state index is 11.9. The summed E-state index contributed by atoms with van der Waals surface area (Å²) in [5, 5.41) is 5.88. The zero-order valence-corrected chi connectivity index (χ0v) is 23.0. The predicted molar refractivity (Wildman–Crippen MR) is 150 cm³/mol. The van der Waals surface area contributed by atoms with Crippen molar-refractivity contribution in [3.05, 3.63) is 53.3 Å². The topological polar surface area (TPSA) is 146 Å². The number of anilines is 1. The van der Waals surface area contributed by atoms with Crippen LogP contribution in [0.5, 0.6) is 11.5 Å². The van der Waals surface area contributed by atoms with Gasteiger partial charge in [-0.05, 0) is 55.0 Å². The van der Waals surface area contributed by atoms with Crippen LogP contribution in [0.4, 0.5) is 5.82 Å². The van der Waals surface area contributed by atoms with Crippen LogP contribution in [0.15, 0.2) is 36.4 Å². The van der Waals surface area contributed by atoms with Crippen LogP contribution in [0.25, 0.3) is 23.1 Å². The minimum atomic E-state index is -3.68.